The molecule has 5 N–H and O–H groups in total. The molecule has 0 spiro atoms. The molecule has 2 aromatic rings. The van der Waals surface area contributed by atoms with Gasteiger partial charge in [-0.15, -0.1) is 11.8 Å². The van der Waals surface area contributed by atoms with Crippen molar-refractivity contribution >= 4 is 63.4 Å². The molecule has 1 saturated heterocycles. The number of carboxylic acids is 1. The number of nitrogens with one attached hydrogen (secondary N) is 3. The molecule has 5 heterocycles. The van der Waals surface area contributed by atoms with Gasteiger partial charge in [0.2, 0.25) is 11.5 Å². The number of thioether (sulfide) groups is 1. The fourth-order valence-electron chi connectivity index (χ4n) is 4.77. The monoisotopic (exact) mass is 632 g/mol. The summed E-state index contributed by atoms with van der Waals surface area (Å²) in [5, 5.41) is 23.8. The Balaban J connectivity index is 0.000000225. The third kappa shape index (κ3) is 7.00. The third-order valence-corrected chi connectivity index (χ3v) is 8.78. The first-order valence-electron chi connectivity index (χ1n) is 13.8. The summed E-state index contributed by atoms with van der Waals surface area (Å²) in [6.07, 6.45) is 3.31. The summed E-state index contributed by atoms with van der Waals surface area (Å²) < 4.78 is 6.18. The first kappa shape index (κ1) is 32.0. The van der Waals surface area contributed by atoms with Crippen molar-refractivity contribution in [2.75, 3.05) is 55.1 Å². The number of aromatic nitrogens is 3. The second-order valence-corrected chi connectivity index (χ2v) is 11.6. The molecule has 2 amide bonds. The van der Waals surface area contributed by atoms with Gasteiger partial charge in [0.05, 0.1) is 24.4 Å². The largest absolute Gasteiger partial charge is 0.543 e. The van der Waals surface area contributed by atoms with Crippen molar-refractivity contribution in [3.8, 4) is 0 Å². The highest BCUT2D eigenvalue weighted by Gasteiger charge is 2.52. The van der Waals surface area contributed by atoms with Crippen LogP contribution in [0.5, 0.6) is 0 Å². The van der Waals surface area contributed by atoms with Crippen molar-refractivity contribution < 1.29 is 28.9 Å². The fraction of sp³-hybridized carbons (Fsp3) is 0.500. The molecular formula is C26H36N10O5S2. The van der Waals surface area contributed by atoms with Crippen LogP contribution >= 0.6 is 23.3 Å². The van der Waals surface area contributed by atoms with Gasteiger partial charge in [0.1, 0.15) is 23.7 Å². The third-order valence-electron chi connectivity index (χ3n) is 6.82. The molecule has 0 aliphatic carbocycles. The van der Waals surface area contributed by atoms with Gasteiger partial charge in [0, 0.05) is 23.8 Å². The van der Waals surface area contributed by atoms with Gasteiger partial charge in [-0.05, 0) is 58.5 Å². The zero-order chi connectivity index (χ0) is 31.1. The van der Waals surface area contributed by atoms with E-state index in [1.165, 1.54) is 29.7 Å². The van der Waals surface area contributed by atoms with E-state index in [1.807, 2.05) is 7.05 Å². The number of nitrogens with two attached hydrogens (primary N) is 1. The molecular weight excluding hydrogens is 596 g/mol. The Morgan fingerprint density at radius 1 is 1.37 bits per heavy atom. The number of pyridine rings is 1. The summed E-state index contributed by atoms with van der Waals surface area (Å²) in [4.78, 5) is 48.7. The van der Waals surface area contributed by atoms with Gasteiger partial charge >= 0.3 is 0 Å². The molecule has 43 heavy (non-hydrogen) atoms. The van der Waals surface area contributed by atoms with E-state index in [9.17, 15) is 19.5 Å². The van der Waals surface area contributed by atoms with Crippen molar-refractivity contribution in [3.63, 3.8) is 0 Å². The van der Waals surface area contributed by atoms with Gasteiger partial charge in [-0.3, -0.25) is 19.8 Å². The van der Waals surface area contributed by atoms with Crippen LogP contribution in [0.2, 0.25) is 0 Å². The lowest BCUT2D eigenvalue weighted by molar-refractivity contribution is -0.678. The summed E-state index contributed by atoms with van der Waals surface area (Å²) in [6.45, 7) is 9.82. The van der Waals surface area contributed by atoms with E-state index in [1.54, 1.807) is 13.8 Å². The fourth-order valence-corrected chi connectivity index (χ4v) is 6.49. The molecule has 5 rings (SSSR count). The van der Waals surface area contributed by atoms with Gasteiger partial charge in [0.25, 0.3) is 17.6 Å². The number of anilines is 3. The smallest absolute Gasteiger partial charge is 0.299 e. The van der Waals surface area contributed by atoms with Gasteiger partial charge < -0.3 is 36.0 Å². The molecule has 0 aromatic carbocycles. The zero-order valence-corrected chi connectivity index (χ0v) is 26.1. The number of nitrogen functional groups attached to an aromatic ring is 1. The number of aliphatic carboxylic acids is 1. The number of rotatable bonds is 11. The molecule has 0 radical (unpaired) electrons. The summed E-state index contributed by atoms with van der Waals surface area (Å²) in [6, 6.07) is 3.41. The highest BCUT2D eigenvalue weighted by Crippen LogP contribution is 2.39. The number of hydrogen-bond acceptors (Lipinski definition) is 14. The Hall–Kier alpha value is -3.96. The molecule has 232 valence electrons. The SMILES string of the molecule is CCO/N=C(\C(=O)N[C@@H]1C(=O)N2C(C(=O)[O-])=C(C)CS[C@H]12)c1nsc(N)n1.CC[n+]1cccc2c1NCN2CCCNC. The van der Waals surface area contributed by atoms with Crippen LogP contribution in [0.3, 0.4) is 0 Å². The summed E-state index contributed by atoms with van der Waals surface area (Å²) in [5.41, 5.74) is 7.04. The van der Waals surface area contributed by atoms with E-state index in [0.717, 1.165) is 42.7 Å². The van der Waals surface area contributed by atoms with Crippen LogP contribution in [-0.4, -0.2) is 88.3 Å². The molecule has 0 saturated carbocycles. The highest BCUT2D eigenvalue weighted by atomic mass is 32.2. The number of β-lactam (4-membered cyclic amide) rings is 1. The predicted octanol–water partition coefficient (Wildman–Crippen LogP) is -0.922. The van der Waals surface area contributed by atoms with Gasteiger partial charge in [-0.25, -0.2) is 4.57 Å². The van der Waals surface area contributed by atoms with Gasteiger partial charge in [0.15, 0.2) is 11.8 Å². The van der Waals surface area contributed by atoms with E-state index in [-0.39, 0.29) is 29.0 Å². The van der Waals surface area contributed by atoms with Crippen molar-refractivity contribution in [1.82, 2.24) is 24.9 Å². The number of carbonyl (C=O) groups is 3. The minimum atomic E-state index is -1.42. The van der Waals surface area contributed by atoms with Gasteiger partial charge in [-0.1, -0.05) is 5.16 Å². The summed E-state index contributed by atoms with van der Waals surface area (Å²) in [5.74, 6) is -1.03. The second kappa shape index (κ2) is 14.5. The molecule has 0 bridgehead atoms. The summed E-state index contributed by atoms with van der Waals surface area (Å²) >= 11 is 2.23. The molecule has 2 aromatic heterocycles. The number of hydrogen-bond donors (Lipinski definition) is 4. The molecule has 17 heteroatoms. The average molecular weight is 633 g/mol. The minimum absolute atomic E-state index is 0.0189. The first-order chi connectivity index (χ1) is 20.7. The van der Waals surface area contributed by atoms with E-state index in [2.05, 4.69) is 65.2 Å². The lowest BCUT2D eigenvalue weighted by Gasteiger charge is -2.50. The maximum atomic E-state index is 12.6. The minimum Gasteiger partial charge on any atom is -0.543 e. The van der Waals surface area contributed by atoms with Crippen LogP contribution in [-0.2, 0) is 25.8 Å². The van der Waals surface area contributed by atoms with E-state index < -0.39 is 29.2 Å². The topological polar surface area (TPSA) is 194 Å². The number of nitrogens with zero attached hydrogens (tertiary/aromatic N) is 6. The van der Waals surface area contributed by atoms with Crippen LogP contribution in [0, 0.1) is 0 Å². The quantitative estimate of drug-likeness (QED) is 0.0784. The molecule has 3 aliphatic heterocycles. The maximum Gasteiger partial charge on any atom is 0.299 e. The van der Waals surface area contributed by atoms with Crippen LogP contribution in [0.4, 0.5) is 16.6 Å². The average Bonchev–Trinajstić information content (AvgIpc) is 3.62. The van der Waals surface area contributed by atoms with E-state index in [4.69, 9.17) is 10.6 Å². The number of fused-ring (bicyclic) bond motifs is 2. The summed E-state index contributed by atoms with van der Waals surface area (Å²) in [7, 11) is 2.00. The lowest BCUT2D eigenvalue weighted by Crippen LogP contribution is -2.71. The van der Waals surface area contributed by atoms with Crippen LogP contribution in [0.15, 0.2) is 34.8 Å². The standard InChI is InChI=1S/C14H16N6O5S2.C12H20N4/c1-3-25-18-6(9-17-14(15)27-19-9)10(21)16-7-11(22)20-8(13(23)24)5(2)4-26-12(7)20;1-3-15-8-4-6-11-12(15)14-10-16(11)9-5-7-13-2/h7,12H,3-4H2,1-2H3,(H,16,21)(H,23,24)(H2,15,17,19);4,6,8,13H,3,5,7,9-10H2,1-2H3/b18-6-;/t7-,12-;/m1./s1. The van der Waals surface area contributed by atoms with E-state index in [0.29, 0.717) is 11.3 Å². The highest BCUT2D eigenvalue weighted by molar-refractivity contribution is 8.00. The van der Waals surface area contributed by atoms with Crippen LogP contribution in [0.1, 0.15) is 33.0 Å². The number of carbonyl (C=O) groups excluding carboxylic acids is 3. The zero-order valence-electron chi connectivity index (χ0n) is 24.5. The number of oxime groups is 1. The van der Waals surface area contributed by atoms with Crippen LogP contribution in [0.25, 0.3) is 0 Å². The second-order valence-electron chi connectivity index (χ2n) is 9.67. The Morgan fingerprint density at radius 3 is 2.81 bits per heavy atom. The van der Waals surface area contributed by atoms with Gasteiger partial charge in [-0.2, -0.15) is 9.36 Å². The lowest BCUT2D eigenvalue weighted by atomic mass is 10.0. The van der Waals surface area contributed by atoms with Crippen molar-refractivity contribution in [2.24, 2.45) is 5.16 Å². The first-order valence-corrected chi connectivity index (χ1v) is 15.7. The Kier molecular flexibility index (Phi) is 10.8. The molecule has 3 aliphatic rings. The molecule has 0 unspecified atom stereocenters. The Bertz CT molecular complexity index is 1410. The van der Waals surface area contributed by atoms with Crippen molar-refractivity contribution in [1.29, 1.82) is 0 Å². The molecule has 2 atom stereocenters. The number of aryl methyl sites for hydroxylation is 1. The van der Waals surface area contributed by atoms with Crippen LogP contribution < -0.4 is 36.3 Å². The Labute approximate surface area is 257 Å². The van der Waals surface area contributed by atoms with Crippen molar-refractivity contribution in [2.45, 2.75) is 45.2 Å². The number of carboxylic acid groups (broad SMARTS) is 1. The van der Waals surface area contributed by atoms with Crippen molar-refractivity contribution in [3.05, 3.63) is 35.4 Å². The Morgan fingerprint density at radius 2 is 2.16 bits per heavy atom. The number of amides is 2. The predicted molar refractivity (Wildman–Crippen MR) is 162 cm³/mol. The normalized spacial score (nSPS) is 19.1. The molecule has 15 nitrogen and oxygen atoms in total. The van der Waals surface area contributed by atoms with E-state index >= 15 is 0 Å². The molecule has 1 fully saturated rings. The maximum absolute atomic E-state index is 12.6.